The Morgan fingerprint density at radius 2 is 1.89 bits per heavy atom. The van der Waals surface area contributed by atoms with Gasteiger partial charge in [-0.2, -0.15) is 9.37 Å². The summed E-state index contributed by atoms with van der Waals surface area (Å²) < 4.78 is 13.1. The van der Waals surface area contributed by atoms with Crippen LogP contribution in [0, 0.1) is 5.95 Å². The Kier molecular flexibility index (Phi) is 6.29. The van der Waals surface area contributed by atoms with Crippen molar-refractivity contribution < 1.29 is 9.18 Å². The predicted octanol–water partition coefficient (Wildman–Crippen LogP) is 4.78. The number of nitrogens with one attached hydrogen (secondary N) is 1. The normalized spacial score (nSPS) is 11.1. The van der Waals surface area contributed by atoms with Crippen LogP contribution in [0.25, 0.3) is 11.2 Å². The third-order valence-electron chi connectivity index (χ3n) is 4.19. The first kappa shape index (κ1) is 19.6. The Hall–Kier alpha value is -2.18. The van der Waals surface area contributed by atoms with E-state index in [4.69, 9.17) is 23.2 Å². The van der Waals surface area contributed by atoms with Crippen molar-refractivity contribution in [2.45, 2.75) is 32.7 Å². The molecule has 8 heteroatoms. The van der Waals surface area contributed by atoms with Crippen molar-refractivity contribution in [1.82, 2.24) is 19.9 Å². The molecule has 3 aromatic rings. The molecule has 0 aliphatic rings. The van der Waals surface area contributed by atoms with Gasteiger partial charge in [-0.15, -0.1) is 0 Å². The summed E-state index contributed by atoms with van der Waals surface area (Å²) in [6.07, 6.45) is 2.35. The summed E-state index contributed by atoms with van der Waals surface area (Å²) >= 11 is 12.0. The lowest BCUT2D eigenvalue weighted by molar-refractivity contribution is -0.129. The standard InChI is InChI=1S/C19H19Cl2FN4O/c1-12(27)26(11-13-8-14(20)10-15(21)9-13)7-3-2-4-18-23-16-5-6-17(22)24-19(16)25-18/h5-6,8-10H,2-4,7,11H2,1H3,(H,23,24,25). The minimum atomic E-state index is -0.543. The molecule has 27 heavy (non-hydrogen) atoms. The van der Waals surface area contributed by atoms with Gasteiger partial charge in [-0.1, -0.05) is 23.2 Å². The Balaban J connectivity index is 1.54. The van der Waals surface area contributed by atoms with Crippen LogP contribution in [0.1, 0.15) is 31.2 Å². The predicted molar refractivity (Wildman–Crippen MR) is 104 cm³/mol. The molecule has 5 nitrogen and oxygen atoms in total. The number of unbranched alkanes of at least 4 members (excludes halogenated alkanes) is 1. The highest BCUT2D eigenvalue weighted by Crippen LogP contribution is 2.20. The molecule has 142 valence electrons. The Labute approximate surface area is 166 Å². The smallest absolute Gasteiger partial charge is 0.219 e. The van der Waals surface area contributed by atoms with E-state index in [1.807, 2.05) is 12.1 Å². The maximum absolute atomic E-state index is 13.1. The highest BCUT2D eigenvalue weighted by molar-refractivity contribution is 6.34. The summed E-state index contributed by atoms with van der Waals surface area (Å²) in [5.41, 5.74) is 2.00. The summed E-state index contributed by atoms with van der Waals surface area (Å²) in [5, 5.41) is 1.10. The molecule has 0 bridgehead atoms. The summed E-state index contributed by atoms with van der Waals surface area (Å²) in [7, 11) is 0. The molecule has 0 spiro atoms. The summed E-state index contributed by atoms with van der Waals surface area (Å²) in [5.74, 6) is 0.215. The van der Waals surface area contributed by atoms with Crippen molar-refractivity contribution in [1.29, 1.82) is 0 Å². The first-order valence-corrected chi connectivity index (χ1v) is 9.38. The van der Waals surface area contributed by atoms with Crippen LogP contribution in [0.5, 0.6) is 0 Å². The SMILES string of the molecule is CC(=O)N(CCCCc1nc2nc(F)ccc2[nH]1)Cc1cc(Cl)cc(Cl)c1. The van der Waals surface area contributed by atoms with E-state index in [2.05, 4.69) is 15.0 Å². The van der Waals surface area contributed by atoms with Crippen LogP contribution in [0.4, 0.5) is 4.39 Å². The van der Waals surface area contributed by atoms with Crippen molar-refractivity contribution in [3.8, 4) is 0 Å². The van der Waals surface area contributed by atoms with Crippen molar-refractivity contribution in [3.05, 3.63) is 57.7 Å². The van der Waals surface area contributed by atoms with Gasteiger partial charge in [0.25, 0.3) is 0 Å². The van der Waals surface area contributed by atoms with E-state index in [1.54, 1.807) is 24.0 Å². The maximum Gasteiger partial charge on any atom is 0.219 e. The molecule has 2 heterocycles. The first-order valence-electron chi connectivity index (χ1n) is 8.62. The highest BCUT2D eigenvalue weighted by atomic mass is 35.5. The van der Waals surface area contributed by atoms with Crippen LogP contribution in [0.2, 0.25) is 10.0 Å². The van der Waals surface area contributed by atoms with E-state index in [1.165, 1.54) is 6.07 Å². The van der Waals surface area contributed by atoms with E-state index in [0.717, 1.165) is 29.7 Å². The highest BCUT2D eigenvalue weighted by Gasteiger charge is 2.11. The number of halogens is 3. The van der Waals surface area contributed by atoms with E-state index in [9.17, 15) is 9.18 Å². The molecule has 1 amide bonds. The molecule has 3 rings (SSSR count). The topological polar surface area (TPSA) is 61.9 Å². The quantitative estimate of drug-likeness (QED) is 0.452. The lowest BCUT2D eigenvalue weighted by Gasteiger charge is -2.21. The fraction of sp³-hybridized carbons (Fsp3) is 0.316. The maximum atomic E-state index is 13.1. The largest absolute Gasteiger partial charge is 0.341 e. The zero-order chi connectivity index (χ0) is 19.4. The average Bonchev–Trinajstić information content (AvgIpc) is 2.98. The molecule has 0 radical (unpaired) electrons. The number of pyridine rings is 1. The van der Waals surface area contributed by atoms with Gasteiger partial charge >= 0.3 is 0 Å². The number of H-pyrrole nitrogens is 1. The number of benzene rings is 1. The van der Waals surface area contributed by atoms with E-state index in [-0.39, 0.29) is 5.91 Å². The first-order chi connectivity index (χ1) is 12.9. The van der Waals surface area contributed by atoms with Crippen LogP contribution < -0.4 is 0 Å². The zero-order valence-electron chi connectivity index (χ0n) is 14.8. The van der Waals surface area contributed by atoms with Crippen LogP contribution >= 0.6 is 23.2 Å². The van der Waals surface area contributed by atoms with Gasteiger partial charge in [-0.3, -0.25) is 4.79 Å². The number of fused-ring (bicyclic) bond motifs is 1. The number of amides is 1. The van der Waals surface area contributed by atoms with Crippen LogP contribution in [0.3, 0.4) is 0 Å². The number of carbonyl (C=O) groups is 1. The lowest BCUT2D eigenvalue weighted by atomic mass is 10.2. The number of aromatic amines is 1. The van der Waals surface area contributed by atoms with Gasteiger partial charge in [-0.05, 0) is 48.7 Å². The third-order valence-corrected chi connectivity index (χ3v) is 4.63. The number of rotatable bonds is 7. The monoisotopic (exact) mass is 408 g/mol. The Morgan fingerprint density at radius 3 is 2.59 bits per heavy atom. The Morgan fingerprint density at radius 1 is 1.15 bits per heavy atom. The van der Waals surface area contributed by atoms with E-state index in [0.29, 0.717) is 35.2 Å². The fourth-order valence-corrected chi connectivity index (χ4v) is 3.47. The van der Waals surface area contributed by atoms with E-state index >= 15 is 0 Å². The van der Waals surface area contributed by atoms with Crippen molar-refractivity contribution in [2.24, 2.45) is 0 Å². The molecule has 1 aromatic carbocycles. The number of aromatic nitrogens is 3. The van der Waals surface area contributed by atoms with Crippen LogP contribution in [0.15, 0.2) is 30.3 Å². The number of nitrogens with zero attached hydrogens (tertiary/aromatic N) is 3. The second-order valence-corrected chi connectivity index (χ2v) is 7.24. The second-order valence-electron chi connectivity index (χ2n) is 6.36. The third kappa shape index (κ3) is 5.40. The summed E-state index contributed by atoms with van der Waals surface area (Å²) in [6, 6.07) is 8.21. The van der Waals surface area contributed by atoms with Crippen molar-refractivity contribution in [3.63, 3.8) is 0 Å². The van der Waals surface area contributed by atoms with Crippen LogP contribution in [-0.2, 0) is 17.8 Å². The number of hydrogen-bond donors (Lipinski definition) is 1. The van der Waals surface area contributed by atoms with Crippen molar-refractivity contribution in [2.75, 3.05) is 6.54 Å². The zero-order valence-corrected chi connectivity index (χ0v) is 16.3. The van der Waals surface area contributed by atoms with Gasteiger partial charge < -0.3 is 9.88 Å². The number of imidazole rings is 1. The molecule has 0 aliphatic heterocycles. The van der Waals surface area contributed by atoms with Gasteiger partial charge in [0.1, 0.15) is 5.82 Å². The molecular weight excluding hydrogens is 390 g/mol. The minimum absolute atomic E-state index is 0.00508. The lowest BCUT2D eigenvalue weighted by Crippen LogP contribution is -2.29. The van der Waals surface area contributed by atoms with E-state index < -0.39 is 5.95 Å². The van der Waals surface area contributed by atoms with Gasteiger partial charge in [0.15, 0.2) is 5.65 Å². The van der Waals surface area contributed by atoms with Crippen LogP contribution in [-0.4, -0.2) is 32.3 Å². The minimum Gasteiger partial charge on any atom is -0.341 e. The van der Waals surface area contributed by atoms with Gasteiger partial charge in [0.2, 0.25) is 11.9 Å². The number of aryl methyl sites for hydroxylation is 1. The molecule has 0 saturated carbocycles. The molecule has 0 atom stereocenters. The molecule has 0 aliphatic carbocycles. The van der Waals surface area contributed by atoms with Gasteiger partial charge in [0.05, 0.1) is 5.52 Å². The Bertz CT molecular complexity index is 940. The van der Waals surface area contributed by atoms with Gasteiger partial charge in [-0.25, -0.2) is 4.98 Å². The van der Waals surface area contributed by atoms with Gasteiger partial charge in [0, 0.05) is 36.5 Å². The summed E-state index contributed by atoms with van der Waals surface area (Å²) in [6.45, 7) is 2.63. The van der Waals surface area contributed by atoms with Crippen molar-refractivity contribution >= 4 is 40.3 Å². The molecule has 0 saturated heterocycles. The molecule has 0 fully saturated rings. The number of carbonyl (C=O) groups excluding carboxylic acids is 1. The second kappa shape index (κ2) is 8.67. The fourth-order valence-electron chi connectivity index (χ4n) is 2.90. The molecule has 0 unspecified atom stereocenters. The molecule has 1 N–H and O–H groups in total. The summed E-state index contributed by atoms with van der Waals surface area (Å²) in [4.78, 5) is 24.9. The molecule has 2 aromatic heterocycles. The number of hydrogen-bond acceptors (Lipinski definition) is 3. The molecular formula is C19H19Cl2FN4O. The average molecular weight is 409 g/mol.